The van der Waals surface area contributed by atoms with E-state index < -0.39 is 0 Å². The van der Waals surface area contributed by atoms with Crippen molar-refractivity contribution in [3.8, 4) is 0 Å². The molecular formula is C13H22N2O. The van der Waals surface area contributed by atoms with E-state index in [4.69, 9.17) is 0 Å². The summed E-state index contributed by atoms with van der Waals surface area (Å²) in [6.07, 6.45) is 12.0. The van der Waals surface area contributed by atoms with Gasteiger partial charge in [0.1, 0.15) is 0 Å². The van der Waals surface area contributed by atoms with E-state index in [1.54, 1.807) is 0 Å². The molecule has 1 aromatic rings. The van der Waals surface area contributed by atoms with Crippen LogP contribution in [0, 0.1) is 5.92 Å². The Morgan fingerprint density at radius 1 is 1.50 bits per heavy atom. The van der Waals surface area contributed by atoms with Crippen LogP contribution in [-0.2, 0) is 13.5 Å². The van der Waals surface area contributed by atoms with Crippen molar-refractivity contribution in [1.29, 1.82) is 0 Å². The Morgan fingerprint density at radius 2 is 2.25 bits per heavy atom. The first-order valence-electron chi connectivity index (χ1n) is 6.41. The zero-order valence-electron chi connectivity index (χ0n) is 10.1. The number of aliphatic hydroxyl groups excluding tert-OH is 1. The summed E-state index contributed by atoms with van der Waals surface area (Å²) in [5.41, 5.74) is 1.28. The summed E-state index contributed by atoms with van der Waals surface area (Å²) in [5, 5.41) is 14.2. The average molecular weight is 222 g/mol. The molecule has 2 rings (SSSR count). The number of nitrogens with zero attached hydrogens (tertiary/aromatic N) is 2. The van der Waals surface area contributed by atoms with Crippen LogP contribution < -0.4 is 0 Å². The number of rotatable bonds is 5. The highest BCUT2D eigenvalue weighted by molar-refractivity contribution is 5.03. The topological polar surface area (TPSA) is 38.0 Å². The molecule has 16 heavy (non-hydrogen) atoms. The fourth-order valence-electron chi connectivity index (χ4n) is 2.69. The minimum Gasteiger partial charge on any atom is -0.393 e. The Hall–Kier alpha value is -0.830. The second kappa shape index (κ2) is 5.48. The monoisotopic (exact) mass is 222 g/mol. The highest BCUT2D eigenvalue weighted by Gasteiger charge is 2.22. The smallest absolute Gasteiger partial charge is 0.0568 e. The van der Waals surface area contributed by atoms with Gasteiger partial charge in [0, 0.05) is 13.2 Å². The molecule has 0 bridgehead atoms. The lowest BCUT2D eigenvalue weighted by Gasteiger charge is -2.16. The van der Waals surface area contributed by atoms with Gasteiger partial charge in [-0.3, -0.25) is 4.68 Å². The van der Waals surface area contributed by atoms with E-state index in [9.17, 15) is 5.11 Å². The first kappa shape index (κ1) is 11.6. The molecular weight excluding hydrogens is 200 g/mol. The van der Waals surface area contributed by atoms with E-state index in [-0.39, 0.29) is 6.10 Å². The lowest BCUT2D eigenvalue weighted by atomic mass is 9.96. The predicted molar refractivity (Wildman–Crippen MR) is 64.1 cm³/mol. The van der Waals surface area contributed by atoms with Crippen molar-refractivity contribution in [3.05, 3.63) is 18.0 Å². The summed E-state index contributed by atoms with van der Waals surface area (Å²) < 4.78 is 1.84. The number of aromatic nitrogens is 2. The third-order valence-electron chi connectivity index (χ3n) is 3.67. The van der Waals surface area contributed by atoms with Gasteiger partial charge in [-0.1, -0.05) is 12.8 Å². The summed E-state index contributed by atoms with van der Waals surface area (Å²) >= 11 is 0. The fourth-order valence-corrected chi connectivity index (χ4v) is 2.69. The van der Waals surface area contributed by atoms with Crippen LogP contribution in [0.15, 0.2) is 12.4 Å². The van der Waals surface area contributed by atoms with Crippen molar-refractivity contribution in [1.82, 2.24) is 9.78 Å². The Kier molecular flexibility index (Phi) is 3.99. The number of aryl methyl sites for hydroxylation is 2. The SMILES string of the molecule is Cn1cc(CCCC(O)C2CCCC2)cn1. The third kappa shape index (κ3) is 3.08. The van der Waals surface area contributed by atoms with Crippen molar-refractivity contribution in [2.75, 3.05) is 0 Å². The number of hydrogen-bond donors (Lipinski definition) is 1. The van der Waals surface area contributed by atoms with Gasteiger partial charge >= 0.3 is 0 Å². The van der Waals surface area contributed by atoms with Crippen LogP contribution in [0.4, 0.5) is 0 Å². The molecule has 1 N–H and O–H groups in total. The van der Waals surface area contributed by atoms with Gasteiger partial charge in [-0.25, -0.2) is 0 Å². The zero-order valence-corrected chi connectivity index (χ0v) is 10.1. The molecule has 1 heterocycles. The van der Waals surface area contributed by atoms with E-state index >= 15 is 0 Å². The second-order valence-electron chi connectivity index (χ2n) is 5.03. The lowest BCUT2D eigenvalue weighted by molar-refractivity contribution is 0.0998. The second-order valence-corrected chi connectivity index (χ2v) is 5.03. The van der Waals surface area contributed by atoms with Crippen LogP contribution in [0.3, 0.4) is 0 Å². The first-order valence-corrected chi connectivity index (χ1v) is 6.41. The average Bonchev–Trinajstić information content (AvgIpc) is 2.89. The quantitative estimate of drug-likeness (QED) is 0.830. The van der Waals surface area contributed by atoms with Gasteiger partial charge in [-0.15, -0.1) is 0 Å². The maximum absolute atomic E-state index is 10.0. The first-order chi connectivity index (χ1) is 7.75. The molecule has 1 unspecified atom stereocenters. The molecule has 3 heteroatoms. The fraction of sp³-hybridized carbons (Fsp3) is 0.769. The number of hydrogen-bond acceptors (Lipinski definition) is 2. The van der Waals surface area contributed by atoms with E-state index in [0.29, 0.717) is 5.92 Å². The van der Waals surface area contributed by atoms with Crippen molar-refractivity contribution in [3.63, 3.8) is 0 Å². The Bertz CT molecular complexity index is 315. The van der Waals surface area contributed by atoms with E-state index in [2.05, 4.69) is 11.3 Å². The summed E-state index contributed by atoms with van der Waals surface area (Å²) in [7, 11) is 1.94. The zero-order chi connectivity index (χ0) is 11.4. The molecule has 0 aromatic carbocycles. The van der Waals surface area contributed by atoms with Gasteiger partial charge in [0.2, 0.25) is 0 Å². The van der Waals surface area contributed by atoms with Gasteiger partial charge < -0.3 is 5.11 Å². The van der Waals surface area contributed by atoms with Crippen molar-refractivity contribution < 1.29 is 5.11 Å². The van der Waals surface area contributed by atoms with Crippen LogP contribution in [-0.4, -0.2) is 21.0 Å². The van der Waals surface area contributed by atoms with Crippen LogP contribution in [0.25, 0.3) is 0 Å². The van der Waals surface area contributed by atoms with E-state index in [1.807, 2.05) is 17.9 Å². The van der Waals surface area contributed by atoms with Crippen LogP contribution in [0.5, 0.6) is 0 Å². The van der Waals surface area contributed by atoms with Crippen LogP contribution >= 0.6 is 0 Å². The van der Waals surface area contributed by atoms with Gasteiger partial charge in [0.05, 0.1) is 12.3 Å². The summed E-state index contributed by atoms with van der Waals surface area (Å²) in [6, 6.07) is 0. The molecule has 0 spiro atoms. The molecule has 1 aliphatic rings. The normalized spacial score (nSPS) is 19.1. The molecule has 3 nitrogen and oxygen atoms in total. The third-order valence-corrected chi connectivity index (χ3v) is 3.67. The van der Waals surface area contributed by atoms with Crippen LogP contribution in [0.1, 0.15) is 44.1 Å². The van der Waals surface area contributed by atoms with Crippen molar-refractivity contribution in [2.24, 2.45) is 13.0 Å². The maximum Gasteiger partial charge on any atom is 0.0568 e. The molecule has 0 aliphatic heterocycles. The van der Waals surface area contributed by atoms with Gasteiger partial charge in [-0.2, -0.15) is 5.10 Å². The number of aliphatic hydroxyl groups is 1. The molecule has 1 saturated carbocycles. The molecule has 1 aliphatic carbocycles. The predicted octanol–water partition coefficient (Wildman–Crippen LogP) is 2.29. The Morgan fingerprint density at radius 3 is 2.88 bits per heavy atom. The molecule has 0 radical (unpaired) electrons. The minimum absolute atomic E-state index is 0.0702. The summed E-state index contributed by atoms with van der Waals surface area (Å²) in [5.74, 6) is 0.578. The standard InChI is InChI=1S/C13H22N2O/c1-15-10-11(9-14-15)5-4-8-13(16)12-6-2-3-7-12/h9-10,12-13,16H,2-8H2,1H3. The molecule has 1 fully saturated rings. The lowest BCUT2D eigenvalue weighted by Crippen LogP contribution is -2.17. The maximum atomic E-state index is 10.0. The largest absolute Gasteiger partial charge is 0.393 e. The Labute approximate surface area is 97.5 Å². The summed E-state index contributed by atoms with van der Waals surface area (Å²) in [4.78, 5) is 0. The van der Waals surface area contributed by atoms with Gasteiger partial charge in [0.25, 0.3) is 0 Å². The van der Waals surface area contributed by atoms with Gasteiger partial charge in [-0.05, 0) is 43.6 Å². The summed E-state index contributed by atoms with van der Waals surface area (Å²) in [6.45, 7) is 0. The molecule has 1 aromatic heterocycles. The molecule has 1 atom stereocenters. The van der Waals surface area contributed by atoms with E-state index in [0.717, 1.165) is 19.3 Å². The molecule has 0 amide bonds. The van der Waals surface area contributed by atoms with Crippen LogP contribution in [0.2, 0.25) is 0 Å². The minimum atomic E-state index is -0.0702. The van der Waals surface area contributed by atoms with Crippen molar-refractivity contribution in [2.45, 2.75) is 51.0 Å². The Balaban J connectivity index is 1.67. The molecule has 0 saturated heterocycles. The highest BCUT2D eigenvalue weighted by Crippen LogP contribution is 2.29. The highest BCUT2D eigenvalue weighted by atomic mass is 16.3. The van der Waals surface area contributed by atoms with E-state index in [1.165, 1.54) is 31.2 Å². The molecule has 90 valence electrons. The van der Waals surface area contributed by atoms with Gasteiger partial charge in [0.15, 0.2) is 0 Å². The van der Waals surface area contributed by atoms with Crippen molar-refractivity contribution >= 4 is 0 Å².